The van der Waals surface area contributed by atoms with Crippen molar-refractivity contribution in [3.8, 4) is 0 Å². The summed E-state index contributed by atoms with van der Waals surface area (Å²) in [5.74, 6) is 0.811. The van der Waals surface area contributed by atoms with Crippen molar-refractivity contribution in [2.24, 2.45) is 17.8 Å². The van der Waals surface area contributed by atoms with Gasteiger partial charge in [-0.3, -0.25) is 14.4 Å². The largest absolute Gasteiger partial charge is 0.302 e. The van der Waals surface area contributed by atoms with Crippen molar-refractivity contribution < 1.29 is 14.4 Å². The van der Waals surface area contributed by atoms with E-state index in [-0.39, 0.29) is 35.1 Å². The van der Waals surface area contributed by atoms with Gasteiger partial charge in [-0.2, -0.15) is 0 Å². The van der Waals surface area contributed by atoms with Crippen LogP contribution >= 0.6 is 0 Å². The smallest absolute Gasteiger partial charge is 0.136 e. The lowest BCUT2D eigenvalue weighted by atomic mass is 10.0. The second-order valence-electron chi connectivity index (χ2n) is 6.95. The van der Waals surface area contributed by atoms with E-state index in [1.54, 1.807) is 0 Å². The van der Waals surface area contributed by atoms with Crippen molar-refractivity contribution in [2.75, 3.05) is 19.6 Å². The summed E-state index contributed by atoms with van der Waals surface area (Å²) in [5.41, 5.74) is 0. The highest BCUT2D eigenvalue weighted by Crippen LogP contribution is 2.07. The fourth-order valence-corrected chi connectivity index (χ4v) is 2.01. The molecular weight excluding hydrogens is 278 g/mol. The van der Waals surface area contributed by atoms with E-state index < -0.39 is 0 Å². The zero-order valence-corrected chi connectivity index (χ0v) is 15.1. The van der Waals surface area contributed by atoms with Crippen molar-refractivity contribution in [3.63, 3.8) is 0 Å². The summed E-state index contributed by atoms with van der Waals surface area (Å²) < 4.78 is 0. The van der Waals surface area contributed by atoms with Crippen LogP contribution in [-0.4, -0.2) is 41.9 Å². The number of carbonyl (C=O) groups is 3. The lowest BCUT2D eigenvalue weighted by Crippen LogP contribution is -2.32. The van der Waals surface area contributed by atoms with Crippen LogP contribution in [0.25, 0.3) is 0 Å². The molecule has 0 aromatic heterocycles. The molecule has 22 heavy (non-hydrogen) atoms. The second-order valence-corrected chi connectivity index (χ2v) is 6.95. The van der Waals surface area contributed by atoms with Crippen LogP contribution in [0.3, 0.4) is 0 Å². The monoisotopic (exact) mass is 311 g/mol. The molecule has 4 nitrogen and oxygen atoms in total. The van der Waals surface area contributed by atoms with Crippen LogP contribution < -0.4 is 0 Å². The number of rotatable bonds is 12. The Kier molecular flexibility index (Phi) is 10.2. The van der Waals surface area contributed by atoms with Gasteiger partial charge in [0.25, 0.3) is 0 Å². The highest BCUT2D eigenvalue weighted by Gasteiger charge is 2.16. The minimum atomic E-state index is 0.0384. The summed E-state index contributed by atoms with van der Waals surface area (Å²) >= 11 is 0. The van der Waals surface area contributed by atoms with E-state index >= 15 is 0 Å². The van der Waals surface area contributed by atoms with E-state index in [9.17, 15) is 14.4 Å². The first-order valence-corrected chi connectivity index (χ1v) is 8.45. The van der Waals surface area contributed by atoms with Crippen LogP contribution in [0.5, 0.6) is 0 Å². The van der Waals surface area contributed by atoms with Gasteiger partial charge in [0.2, 0.25) is 0 Å². The van der Waals surface area contributed by atoms with E-state index in [4.69, 9.17) is 0 Å². The van der Waals surface area contributed by atoms with Gasteiger partial charge in [-0.15, -0.1) is 0 Å². The Morgan fingerprint density at radius 3 is 1.00 bits per heavy atom. The van der Waals surface area contributed by atoms with Gasteiger partial charge in [-0.05, 0) is 0 Å². The third-order valence-electron chi connectivity index (χ3n) is 3.96. The first-order chi connectivity index (χ1) is 10.1. The molecule has 0 spiro atoms. The van der Waals surface area contributed by atoms with Crippen molar-refractivity contribution in [2.45, 2.75) is 60.8 Å². The van der Waals surface area contributed by atoms with Crippen molar-refractivity contribution >= 4 is 17.3 Å². The van der Waals surface area contributed by atoms with Gasteiger partial charge >= 0.3 is 0 Å². The molecule has 0 aromatic rings. The van der Waals surface area contributed by atoms with Crippen LogP contribution in [0, 0.1) is 17.8 Å². The third-order valence-corrected chi connectivity index (χ3v) is 3.96. The van der Waals surface area contributed by atoms with Gasteiger partial charge in [0.05, 0.1) is 0 Å². The molecule has 128 valence electrons. The molecule has 4 heteroatoms. The lowest BCUT2D eigenvalue weighted by molar-refractivity contribution is -0.122. The number of Topliss-reactive ketones (excluding diaryl/α,β-unsaturated/α-hetero) is 3. The van der Waals surface area contributed by atoms with Gasteiger partial charge in [0, 0.05) is 56.7 Å². The second kappa shape index (κ2) is 10.7. The minimum absolute atomic E-state index is 0.0384. The SMILES string of the molecule is CC(C)C(=O)CCN(CCC(=O)C(C)C)CCC(=O)C(C)C. The summed E-state index contributed by atoms with van der Waals surface area (Å²) in [6, 6.07) is 0. The molecule has 0 amide bonds. The van der Waals surface area contributed by atoms with E-state index in [1.807, 2.05) is 41.5 Å². The van der Waals surface area contributed by atoms with Crippen LogP contribution in [0.1, 0.15) is 60.8 Å². The quantitative estimate of drug-likeness (QED) is 0.555. The maximum absolute atomic E-state index is 11.8. The molecule has 0 aliphatic rings. The number of hydrogen-bond acceptors (Lipinski definition) is 4. The maximum atomic E-state index is 11.8. The summed E-state index contributed by atoms with van der Waals surface area (Å²) in [6.07, 6.45) is 1.47. The summed E-state index contributed by atoms with van der Waals surface area (Å²) in [5, 5.41) is 0. The van der Waals surface area contributed by atoms with E-state index in [1.165, 1.54) is 0 Å². The zero-order valence-electron chi connectivity index (χ0n) is 15.1. The number of ketones is 3. The van der Waals surface area contributed by atoms with Crippen LogP contribution in [0.4, 0.5) is 0 Å². The fraction of sp³-hybridized carbons (Fsp3) is 0.833. The Hall–Kier alpha value is -1.03. The molecule has 0 rings (SSSR count). The van der Waals surface area contributed by atoms with Gasteiger partial charge in [-0.25, -0.2) is 0 Å². The molecular formula is C18H33NO3. The molecule has 0 fully saturated rings. The minimum Gasteiger partial charge on any atom is -0.302 e. The molecule has 0 aliphatic carbocycles. The molecule has 0 aromatic carbocycles. The average Bonchev–Trinajstić information content (AvgIpc) is 2.44. The van der Waals surface area contributed by atoms with Crippen LogP contribution in [0.2, 0.25) is 0 Å². The predicted molar refractivity (Wildman–Crippen MR) is 89.8 cm³/mol. The molecule has 0 heterocycles. The summed E-state index contributed by atoms with van der Waals surface area (Å²) in [6.45, 7) is 13.3. The van der Waals surface area contributed by atoms with E-state index in [2.05, 4.69) is 4.90 Å². The molecule has 0 N–H and O–H groups in total. The highest BCUT2D eigenvalue weighted by molar-refractivity contribution is 5.81. The average molecular weight is 311 g/mol. The Morgan fingerprint density at radius 2 is 0.818 bits per heavy atom. The normalized spacial score (nSPS) is 11.7. The Bertz CT molecular complexity index is 315. The molecule has 0 radical (unpaired) electrons. The van der Waals surface area contributed by atoms with Crippen molar-refractivity contribution in [1.82, 2.24) is 4.90 Å². The van der Waals surface area contributed by atoms with Crippen molar-refractivity contribution in [3.05, 3.63) is 0 Å². The molecule has 0 saturated heterocycles. The van der Waals surface area contributed by atoms with E-state index in [0.717, 1.165) is 0 Å². The van der Waals surface area contributed by atoms with Gasteiger partial charge in [0.1, 0.15) is 17.3 Å². The van der Waals surface area contributed by atoms with Gasteiger partial charge in [-0.1, -0.05) is 41.5 Å². The Balaban J connectivity index is 4.45. The van der Waals surface area contributed by atoms with Crippen LogP contribution in [-0.2, 0) is 14.4 Å². The maximum Gasteiger partial charge on any atom is 0.136 e. The topological polar surface area (TPSA) is 54.5 Å². The van der Waals surface area contributed by atoms with Gasteiger partial charge < -0.3 is 4.90 Å². The third kappa shape index (κ3) is 9.08. The number of hydrogen-bond donors (Lipinski definition) is 0. The Labute approximate surface area is 135 Å². The zero-order chi connectivity index (χ0) is 17.3. The lowest BCUT2D eigenvalue weighted by Gasteiger charge is -2.22. The van der Waals surface area contributed by atoms with Crippen LogP contribution in [0.15, 0.2) is 0 Å². The summed E-state index contributed by atoms with van der Waals surface area (Å²) in [4.78, 5) is 37.4. The predicted octanol–water partition coefficient (Wildman–Crippen LogP) is 3.13. The molecule has 0 atom stereocenters. The fourth-order valence-electron chi connectivity index (χ4n) is 2.01. The molecule has 0 aliphatic heterocycles. The first-order valence-electron chi connectivity index (χ1n) is 8.45. The standard InChI is InChI=1S/C18H33NO3/c1-13(2)16(20)7-10-19(11-8-17(21)14(3)4)12-9-18(22)15(5)6/h13-15H,7-12H2,1-6H3. The van der Waals surface area contributed by atoms with Gasteiger partial charge in [0.15, 0.2) is 0 Å². The summed E-state index contributed by atoms with van der Waals surface area (Å²) in [7, 11) is 0. The van der Waals surface area contributed by atoms with Crippen molar-refractivity contribution in [1.29, 1.82) is 0 Å². The molecule has 0 unspecified atom stereocenters. The number of nitrogens with zero attached hydrogens (tertiary/aromatic N) is 1. The first kappa shape index (κ1) is 21.0. The number of carbonyl (C=O) groups excluding carboxylic acids is 3. The van der Waals surface area contributed by atoms with E-state index in [0.29, 0.717) is 38.9 Å². The highest BCUT2D eigenvalue weighted by atomic mass is 16.1. The molecule has 0 saturated carbocycles. The molecule has 0 bridgehead atoms. The Morgan fingerprint density at radius 1 is 0.591 bits per heavy atom.